The fourth-order valence-corrected chi connectivity index (χ4v) is 2.11. The summed E-state index contributed by atoms with van der Waals surface area (Å²) < 4.78 is 16.3. The van der Waals surface area contributed by atoms with E-state index in [0.29, 0.717) is 6.54 Å². The number of pyridine rings is 1. The Hall–Kier alpha value is -1.93. The monoisotopic (exact) mass is 297 g/mol. The summed E-state index contributed by atoms with van der Waals surface area (Å²) in [4.78, 5) is 14.4. The van der Waals surface area contributed by atoms with Crippen LogP contribution < -0.4 is 14.8 Å². The number of hydrogen-bond acceptors (Lipinski definition) is 7. The Morgan fingerprint density at radius 2 is 2.33 bits per heavy atom. The van der Waals surface area contributed by atoms with Crippen LogP contribution in [0.25, 0.3) is 0 Å². The minimum absolute atomic E-state index is 0.0636. The van der Waals surface area contributed by atoms with E-state index in [1.54, 1.807) is 0 Å². The highest BCUT2D eigenvalue weighted by atomic mass is 16.6. The van der Waals surface area contributed by atoms with Crippen molar-refractivity contribution < 1.29 is 19.1 Å². The number of nitro groups is 1. The van der Waals surface area contributed by atoms with E-state index in [9.17, 15) is 10.1 Å². The number of rotatable bonds is 5. The largest absolute Gasteiger partial charge is 0.481 e. The molecule has 0 radical (unpaired) electrons. The van der Waals surface area contributed by atoms with E-state index in [0.717, 1.165) is 6.54 Å². The van der Waals surface area contributed by atoms with Crippen molar-refractivity contribution in [3.63, 3.8) is 0 Å². The maximum atomic E-state index is 11.0. The van der Waals surface area contributed by atoms with E-state index in [4.69, 9.17) is 14.2 Å². The Balaban J connectivity index is 2.06. The summed E-state index contributed by atoms with van der Waals surface area (Å²) in [6.07, 6.45) is -0.193. The molecule has 0 bridgehead atoms. The smallest absolute Gasteiger partial charge is 0.331 e. The van der Waals surface area contributed by atoms with Crippen LogP contribution in [-0.4, -0.2) is 48.4 Å². The van der Waals surface area contributed by atoms with Crippen LogP contribution in [0.5, 0.6) is 11.8 Å². The maximum Gasteiger partial charge on any atom is 0.331 e. The van der Waals surface area contributed by atoms with E-state index >= 15 is 0 Å². The molecular weight excluding hydrogens is 278 g/mol. The Kier molecular flexibility index (Phi) is 4.59. The van der Waals surface area contributed by atoms with Gasteiger partial charge in [-0.1, -0.05) is 0 Å². The van der Waals surface area contributed by atoms with Crippen molar-refractivity contribution in [2.75, 3.05) is 26.8 Å². The molecule has 1 aliphatic heterocycles. The summed E-state index contributed by atoms with van der Waals surface area (Å²) in [6.45, 7) is 5.50. The van der Waals surface area contributed by atoms with Crippen molar-refractivity contribution in [1.82, 2.24) is 10.3 Å². The third-order valence-corrected chi connectivity index (χ3v) is 3.03. The van der Waals surface area contributed by atoms with Gasteiger partial charge in [0.2, 0.25) is 5.88 Å². The molecule has 1 N–H and O–H groups in total. The van der Waals surface area contributed by atoms with Gasteiger partial charge in [0.25, 0.3) is 5.88 Å². The fourth-order valence-electron chi connectivity index (χ4n) is 2.11. The molecule has 1 saturated heterocycles. The van der Waals surface area contributed by atoms with Crippen molar-refractivity contribution in [3.8, 4) is 11.8 Å². The number of nitrogens with zero attached hydrogens (tertiary/aromatic N) is 2. The summed E-state index contributed by atoms with van der Waals surface area (Å²) in [6, 6.07) is 2.73. The van der Waals surface area contributed by atoms with Crippen molar-refractivity contribution in [2.45, 2.75) is 25.6 Å². The van der Waals surface area contributed by atoms with Crippen molar-refractivity contribution in [2.24, 2.45) is 0 Å². The lowest BCUT2D eigenvalue weighted by Crippen LogP contribution is -2.52. The van der Waals surface area contributed by atoms with Crippen molar-refractivity contribution >= 4 is 5.69 Å². The summed E-state index contributed by atoms with van der Waals surface area (Å²) in [5, 5.41) is 14.2. The highest BCUT2D eigenvalue weighted by Crippen LogP contribution is 2.27. The second-order valence-electron chi connectivity index (χ2n) is 5.38. The van der Waals surface area contributed by atoms with Crippen molar-refractivity contribution in [1.29, 1.82) is 0 Å². The van der Waals surface area contributed by atoms with E-state index in [2.05, 4.69) is 10.3 Å². The van der Waals surface area contributed by atoms with Crippen LogP contribution in [0.2, 0.25) is 0 Å². The molecule has 1 fully saturated rings. The molecule has 21 heavy (non-hydrogen) atoms. The molecule has 0 spiro atoms. The topological polar surface area (TPSA) is 95.8 Å². The van der Waals surface area contributed by atoms with E-state index in [1.807, 2.05) is 13.8 Å². The van der Waals surface area contributed by atoms with Gasteiger partial charge in [-0.3, -0.25) is 10.1 Å². The molecule has 0 aromatic carbocycles. The van der Waals surface area contributed by atoms with E-state index in [1.165, 1.54) is 19.2 Å². The summed E-state index contributed by atoms with van der Waals surface area (Å²) in [5.74, 6) is 0.199. The average Bonchev–Trinajstić information content (AvgIpc) is 2.43. The lowest BCUT2D eigenvalue weighted by Gasteiger charge is -2.36. The molecule has 0 aliphatic carbocycles. The molecule has 8 heteroatoms. The van der Waals surface area contributed by atoms with E-state index in [-0.39, 0.29) is 35.8 Å². The van der Waals surface area contributed by atoms with Crippen LogP contribution in [0.15, 0.2) is 12.1 Å². The number of nitrogens with one attached hydrogen (secondary N) is 1. The van der Waals surface area contributed by atoms with Gasteiger partial charge >= 0.3 is 5.69 Å². The van der Waals surface area contributed by atoms with Crippen LogP contribution in [0, 0.1) is 10.1 Å². The second kappa shape index (κ2) is 6.23. The van der Waals surface area contributed by atoms with Gasteiger partial charge in [0.1, 0.15) is 12.7 Å². The lowest BCUT2D eigenvalue weighted by molar-refractivity contribution is -0.386. The first kappa shape index (κ1) is 15.5. The minimum Gasteiger partial charge on any atom is -0.481 e. The molecule has 1 aromatic heterocycles. The van der Waals surface area contributed by atoms with Gasteiger partial charge in [-0.15, -0.1) is 0 Å². The molecule has 8 nitrogen and oxygen atoms in total. The highest BCUT2D eigenvalue weighted by Gasteiger charge is 2.29. The van der Waals surface area contributed by atoms with Crippen LogP contribution in [0.1, 0.15) is 13.8 Å². The Morgan fingerprint density at radius 3 is 2.95 bits per heavy atom. The Bertz CT molecular complexity index is 521. The molecule has 0 saturated carbocycles. The van der Waals surface area contributed by atoms with Gasteiger partial charge in [-0.05, 0) is 13.8 Å². The molecule has 1 aromatic rings. The quantitative estimate of drug-likeness (QED) is 0.643. The first-order chi connectivity index (χ1) is 9.91. The zero-order valence-corrected chi connectivity index (χ0v) is 12.3. The summed E-state index contributed by atoms with van der Waals surface area (Å²) >= 11 is 0. The van der Waals surface area contributed by atoms with Gasteiger partial charge in [0.15, 0.2) is 0 Å². The van der Waals surface area contributed by atoms with Crippen molar-refractivity contribution in [3.05, 3.63) is 22.2 Å². The molecule has 2 heterocycles. The fraction of sp³-hybridized carbons (Fsp3) is 0.615. The minimum atomic E-state index is -0.536. The third kappa shape index (κ3) is 4.02. The number of methoxy groups -OCH3 is 1. The average molecular weight is 297 g/mol. The Labute approximate surface area is 122 Å². The first-order valence-corrected chi connectivity index (χ1v) is 6.62. The molecule has 1 unspecified atom stereocenters. The number of aromatic nitrogens is 1. The molecule has 1 aliphatic rings. The predicted octanol–water partition coefficient (Wildman–Crippen LogP) is 1.14. The highest BCUT2D eigenvalue weighted by molar-refractivity contribution is 5.42. The van der Waals surface area contributed by atoms with Crippen LogP contribution >= 0.6 is 0 Å². The predicted molar refractivity (Wildman–Crippen MR) is 74.8 cm³/mol. The Morgan fingerprint density at radius 1 is 1.57 bits per heavy atom. The molecule has 0 amide bonds. The maximum absolute atomic E-state index is 11.0. The van der Waals surface area contributed by atoms with Crippen LogP contribution in [0.3, 0.4) is 0 Å². The number of morpholine rings is 1. The van der Waals surface area contributed by atoms with Crippen LogP contribution in [0.4, 0.5) is 5.69 Å². The van der Waals surface area contributed by atoms with E-state index < -0.39 is 4.92 Å². The zero-order valence-electron chi connectivity index (χ0n) is 12.3. The SMILES string of the molecule is COc1ccc([N+](=O)[O-])c(OCC2CNCC(C)(C)O2)n1. The molecular formula is C13H19N3O5. The molecule has 116 valence electrons. The second-order valence-corrected chi connectivity index (χ2v) is 5.38. The summed E-state index contributed by atoms with van der Waals surface area (Å²) in [5.41, 5.74) is -0.487. The third-order valence-electron chi connectivity index (χ3n) is 3.03. The standard InChI is InChI=1S/C13H19N3O5/c1-13(2)8-14-6-9(21-13)7-20-12-10(16(17)18)4-5-11(15-12)19-3/h4-5,9,14H,6-8H2,1-3H3. The summed E-state index contributed by atoms with van der Waals surface area (Å²) in [7, 11) is 1.44. The molecule has 2 rings (SSSR count). The lowest BCUT2D eigenvalue weighted by atomic mass is 10.1. The molecule has 1 atom stereocenters. The normalized spacial score (nSPS) is 20.8. The number of hydrogen-bond donors (Lipinski definition) is 1. The van der Waals surface area contributed by atoms with Gasteiger partial charge in [0, 0.05) is 25.2 Å². The zero-order chi connectivity index (χ0) is 15.5. The van der Waals surface area contributed by atoms with Crippen LogP contribution in [-0.2, 0) is 4.74 Å². The number of ether oxygens (including phenoxy) is 3. The van der Waals surface area contributed by atoms with Gasteiger partial charge in [-0.2, -0.15) is 4.98 Å². The van der Waals surface area contributed by atoms with Gasteiger partial charge < -0.3 is 19.5 Å². The van der Waals surface area contributed by atoms with Gasteiger partial charge in [-0.25, -0.2) is 0 Å². The van der Waals surface area contributed by atoms with Gasteiger partial charge in [0.05, 0.1) is 17.6 Å². The first-order valence-electron chi connectivity index (χ1n) is 6.62.